The Bertz CT molecular complexity index is 339. The van der Waals surface area contributed by atoms with Crippen LogP contribution in [0.5, 0.6) is 5.75 Å². The van der Waals surface area contributed by atoms with Crippen LogP contribution in [-0.4, -0.2) is 33.0 Å². The van der Waals surface area contributed by atoms with Gasteiger partial charge in [-0.05, 0) is 12.1 Å². The Labute approximate surface area is 89.6 Å². The van der Waals surface area contributed by atoms with Crippen LogP contribution < -0.4 is 15.4 Å². The van der Waals surface area contributed by atoms with Crippen molar-refractivity contribution in [2.24, 2.45) is 5.73 Å². The van der Waals surface area contributed by atoms with Gasteiger partial charge in [0, 0.05) is 18.8 Å². The number of likely N-dealkylation sites (N-methyl/N-ethyl adjacent to an activating group) is 1. The lowest BCUT2D eigenvalue weighted by molar-refractivity contribution is -0.116. The van der Waals surface area contributed by atoms with Crippen molar-refractivity contribution < 1.29 is 9.53 Å². The minimum atomic E-state index is 0.0142. The fourth-order valence-electron chi connectivity index (χ4n) is 1.27. The lowest BCUT2D eigenvalue weighted by Crippen LogP contribution is -2.29. The van der Waals surface area contributed by atoms with Gasteiger partial charge in [-0.15, -0.1) is 0 Å². The third kappa shape index (κ3) is 3.25. The highest BCUT2D eigenvalue weighted by Gasteiger charge is 2.06. The Kier molecular flexibility index (Phi) is 4.12. The number of ketones is 1. The van der Waals surface area contributed by atoms with Crippen molar-refractivity contribution in [1.29, 1.82) is 0 Å². The molecule has 1 aromatic rings. The van der Waals surface area contributed by atoms with Crippen molar-refractivity contribution in [3.8, 4) is 5.75 Å². The second-order valence-corrected chi connectivity index (χ2v) is 3.30. The molecule has 15 heavy (non-hydrogen) atoms. The normalized spacial score (nSPS) is 9.80. The summed E-state index contributed by atoms with van der Waals surface area (Å²) < 4.78 is 5.10. The zero-order valence-electron chi connectivity index (χ0n) is 9.06. The molecule has 0 bridgehead atoms. The average Bonchev–Trinajstić information content (AvgIpc) is 2.28. The summed E-state index contributed by atoms with van der Waals surface area (Å²) in [4.78, 5) is 13.0. The van der Waals surface area contributed by atoms with Gasteiger partial charge in [-0.2, -0.15) is 0 Å². The van der Waals surface area contributed by atoms with Gasteiger partial charge in [0.25, 0.3) is 0 Å². The largest absolute Gasteiger partial charge is 0.497 e. The topological polar surface area (TPSA) is 55.6 Å². The van der Waals surface area contributed by atoms with Gasteiger partial charge in [-0.1, -0.05) is 6.07 Å². The summed E-state index contributed by atoms with van der Waals surface area (Å²) in [5.41, 5.74) is 6.19. The monoisotopic (exact) mass is 208 g/mol. The summed E-state index contributed by atoms with van der Waals surface area (Å²) in [6, 6.07) is 7.55. The first kappa shape index (κ1) is 11.5. The molecule has 0 saturated carbocycles. The van der Waals surface area contributed by atoms with Gasteiger partial charge < -0.3 is 15.4 Å². The molecule has 0 saturated heterocycles. The molecule has 0 aliphatic rings. The predicted octanol–water partition coefficient (Wildman–Crippen LogP) is 0.659. The number of carbonyl (C=O) groups excluding carboxylic acids is 1. The van der Waals surface area contributed by atoms with Crippen LogP contribution in [0.3, 0.4) is 0 Å². The van der Waals surface area contributed by atoms with Crippen molar-refractivity contribution in [3.63, 3.8) is 0 Å². The fourth-order valence-corrected chi connectivity index (χ4v) is 1.27. The molecule has 0 aliphatic heterocycles. The van der Waals surface area contributed by atoms with Crippen LogP contribution in [0.25, 0.3) is 0 Å². The molecule has 4 nitrogen and oxygen atoms in total. The summed E-state index contributed by atoms with van der Waals surface area (Å²) >= 11 is 0. The van der Waals surface area contributed by atoms with E-state index < -0.39 is 0 Å². The third-order valence-electron chi connectivity index (χ3n) is 2.14. The van der Waals surface area contributed by atoms with E-state index in [1.807, 2.05) is 36.2 Å². The molecule has 1 rings (SSSR count). The summed E-state index contributed by atoms with van der Waals surface area (Å²) in [5, 5.41) is 0. The highest BCUT2D eigenvalue weighted by atomic mass is 16.5. The van der Waals surface area contributed by atoms with E-state index in [2.05, 4.69) is 0 Å². The molecule has 0 unspecified atom stereocenters. The van der Waals surface area contributed by atoms with E-state index in [1.165, 1.54) is 0 Å². The van der Waals surface area contributed by atoms with Crippen LogP contribution in [0.15, 0.2) is 24.3 Å². The lowest BCUT2D eigenvalue weighted by atomic mass is 10.2. The molecule has 1 aromatic carbocycles. The van der Waals surface area contributed by atoms with Crippen LogP contribution >= 0.6 is 0 Å². The molecule has 0 aliphatic carbocycles. The summed E-state index contributed by atoms with van der Waals surface area (Å²) in [6.45, 7) is 0.401. The quantitative estimate of drug-likeness (QED) is 0.772. The summed E-state index contributed by atoms with van der Waals surface area (Å²) in [5.74, 6) is 0.792. The maximum absolute atomic E-state index is 11.2. The van der Waals surface area contributed by atoms with Crippen LogP contribution in [-0.2, 0) is 4.79 Å². The molecule has 0 atom stereocenters. The van der Waals surface area contributed by atoms with E-state index in [-0.39, 0.29) is 12.3 Å². The SMILES string of the molecule is COc1cccc(N(C)CC(=O)CN)c1. The minimum Gasteiger partial charge on any atom is -0.497 e. The molecule has 2 N–H and O–H groups in total. The maximum atomic E-state index is 11.2. The van der Waals surface area contributed by atoms with E-state index in [9.17, 15) is 4.79 Å². The summed E-state index contributed by atoms with van der Waals surface area (Å²) in [7, 11) is 3.46. The van der Waals surface area contributed by atoms with E-state index in [4.69, 9.17) is 10.5 Å². The second-order valence-electron chi connectivity index (χ2n) is 3.30. The molecule has 0 radical (unpaired) electrons. The summed E-state index contributed by atoms with van der Waals surface area (Å²) in [6.07, 6.45) is 0. The smallest absolute Gasteiger partial charge is 0.165 e. The number of benzene rings is 1. The van der Waals surface area contributed by atoms with Crippen LogP contribution in [0.4, 0.5) is 5.69 Å². The van der Waals surface area contributed by atoms with E-state index in [0.717, 1.165) is 11.4 Å². The van der Waals surface area contributed by atoms with E-state index in [1.54, 1.807) is 7.11 Å². The molecule has 4 heteroatoms. The highest BCUT2D eigenvalue weighted by Crippen LogP contribution is 2.19. The number of Topliss-reactive ketones (excluding diaryl/α,β-unsaturated/α-hetero) is 1. The standard InChI is InChI=1S/C11H16N2O2/c1-13(8-10(14)7-12)9-4-3-5-11(6-9)15-2/h3-6H,7-8,12H2,1-2H3. The minimum absolute atomic E-state index is 0.0142. The predicted molar refractivity (Wildman–Crippen MR) is 60.3 cm³/mol. The first-order valence-corrected chi connectivity index (χ1v) is 4.74. The van der Waals surface area contributed by atoms with Crippen molar-refractivity contribution >= 4 is 11.5 Å². The Balaban J connectivity index is 2.72. The average molecular weight is 208 g/mol. The number of methoxy groups -OCH3 is 1. The van der Waals surface area contributed by atoms with Gasteiger partial charge in [0.05, 0.1) is 20.2 Å². The zero-order valence-corrected chi connectivity index (χ0v) is 9.06. The van der Waals surface area contributed by atoms with Gasteiger partial charge >= 0.3 is 0 Å². The number of rotatable bonds is 5. The number of hydrogen-bond donors (Lipinski definition) is 1. The Morgan fingerprint density at radius 3 is 2.87 bits per heavy atom. The van der Waals surface area contributed by atoms with Gasteiger partial charge in [0.1, 0.15) is 5.75 Å². The number of hydrogen-bond acceptors (Lipinski definition) is 4. The van der Waals surface area contributed by atoms with Crippen molar-refractivity contribution in [2.75, 3.05) is 32.1 Å². The highest BCUT2D eigenvalue weighted by molar-refractivity contribution is 5.85. The molecular weight excluding hydrogens is 192 g/mol. The number of ether oxygens (including phenoxy) is 1. The first-order valence-electron chi connectivity index (χ1n) is 4.74. The molecule has 0 fully saturated rings. The van der Waals surface area contributed by atoms with Gasteiger partial charge in [-0.25, -0.2) is 0 Å². The van der Waals surface area contributed by atoms with E-state index in [0.29, 0.717) is 6.54 Å². The van der Waals surface area contributed by atoms with Crippen molar-refractivity contribution in [3.05, 3.63) is 24.3 Å². The Morgan fingerprint density at radius 2 is 2.27 bits per heavy atom. The molecule has 0 spiro atoms. The van der Waals surface area contributed by atoms with Crippen molar-refractivity contribution in [1.82, 2.24) is 0 Å². The first-order chi connectivity index (χ1) is 7.17. The molecule has 0 amide bonds. The van der Waals surface area contributed by atoms with Crippen LogP contribution in [0.2, 0.25) is 0 Å². The van der Waals surface area contributed by atoms with E-state index >= 15 is 0 Å². The molecule has 82 valence electrons. The fraction of sp³-hybridized carbons (Fsp3) is 0.364. The van der Waals surface area contributed by atoms with Crippen molar-refractivity contribution in [2.45, 2.75) is 0 Å². The lowest BCUT2D eigenvalue weighted by Gasteiger charge is -2.18. The van der Waals surface area contributed by atoms with Gasteiger partial charge in [-0.3, -0.25) is 4.79 Å². The number of carbonyl (C=O) groups is 1. The zero-order chi connectivity index (χ0) is 11.3. The number of nitrogens with two attached hydrogens (primary N) is 1. The molecule has 0 heterocycles. The van der Waals surface area contributed by atoms with Gasteiger partial charge in [0.2, 0.25) is 0 Å². The van der Waals surface area contributed by atoms with Crippen LogP contribution in [0.1, 0.15) is 0 Å². The molecule has 0 aromatic heterocycles. The molecular formula is C11H16N2O2. The number of anilines is 1. The number of nitrogens with zero attached hydrogens (tertiary/aromatic N) is 1. The van der Waals surface area contributed by atoms with Gasteiger partial charge in [0.15, 0.2) is 5.78 Å². The Hall–Kier alpha value is -1.55. The Morgan fingerprint density at radius 1 is 1.53 bits per heavy atom. The maximum Gasteiger partial charge on any atom is 0.165 e. The third-order valence-corrected chi connectivity index (χ3v) is 2.14. The second kappa shape index (κ2) is 5.36. The van der Waals surface area contributed by atoms with Crippen LogP contribution in [0, 0.1) is 0 Å².